The molecule has 0 aliphatic carbocycles. The molecule has 154 valence electrons. The van der Waals surface area contributed by atoms with Gasteiger partial charge in [0, 0.05) is 50.9 Å². The highest BCUT2D eigenvalue weighted by molar-refractivity contribution is 5.78. The lowest BCUT2D eigenvalue weighted by Crippen LogP contribution is -2.52. The summed E-state index contributed by atoms with van der Waals surface area (Å²) in [6.07, 6.45) is 6.23. The maximum Gasteiger partial charge on any atom is 0.230 e. The summed E-state index contributed by atoms with van der Waals surface area (Å²) in [5.74, 6) is 1.60. The molecule has 2 aromatic rings. The second-order valence-corrected chi connectivity index (χ2v) is 8.28. The molecule has 2 amide bonds. The quantitative estimate of drug-likeness (QED) is 0.827. The van der Waals surface area contributed by atoms with Crippen molar-refractivity contribution in [2.75, 3.05) is 26.2 Å². The van der Waals surface area contributed by atoms with Crippen molar-refractivity contribution in [2.45, 2.75) is 45.4 Å². The van der Waals surface area contributed by atoms with Gasteiger partial charge in [-0.05, 0) is 43.7 Å². The summed E-state index contributed by atoms with van der Waals surface area (Å²) in [6, 6.07) is 5.89. The molecule has 8 nitrogen and oxygen atoms in total. The number of likely N-dealkylation sites (tertiary alicyclic amines) is 2. The molecule has 0 aromatic carbocycles. The third-order valence-corrected chi connectivity index (χ3v) is 6.24. The van der Waals surface area contributed by atoms with E-state index in [9.17, 15) is 9.59 Å². The van der Waals surface area contributed by atoms with Crippen molar-refractivity contribution in [3.05, 3.63) is 41.7 Å². The maximum atomic E-state index is 12.6. The minimum absolute atomic E-state index is 0.0812. The molecule has 0 radical (unpaired) electrons. The van der Waals surface area contributed by atoms with Crippen LogP contribution in [0.15, 0.2) is 24.4 Å². The molecule has 4 heterocycles. The number of nitrogens with zero attached hydrogens (tertiary/aromatic N) is 5. The smallest absolute Gasteiger partial charge is 0.230 e. The van der Waals surface area contributed by atoms with Crippen molar-refractivity contribution in [3.63, 3.8) is 0 Å². The Kier molecular flexibility index (Phi) is 5.60. The molecule has 2 aliphatic heterocycles. The average Bonchev–Trinajstić information content (AvgIpc) is 3.15. The first-order valence-corrected chi connectivity index (χ1v) is 10.4. The van der Waals surface area contributed by atoms with E-state index < -0.39 is 0 Å². The first-order chi connectivity index (χ1) is 14.0. The summed E-state index contributed by atoms with van der Waals surface area (Å²) in [5.41, 5.74) is 1.15. The van der Waals surface area contributed by atoms with Gasteiger partial charge >= 0.3 is 0 Å². The third-order valence-electron chi connectivity index (χ3n) is 6.24. The van der Waals surface area contributed by atoms with Gasteiger partial charge in [0.2, 0.25) is 11.8 Å². The Hall–Kier alpha value is -2.77. The molecule has 29 heavy (non-hydrogen) atoms. The van der Waals surface area contributed by atoms with Gasteiger partial charge in [-0.25, -0.2) is 4.98 Å². The molecule has 2 saturated heterocycles. The van der Waals surface area contributed by atoms with E-state index in [1.165, 1.54) is 0 Å². The molecule has 0 saturated carbocycles. The number of nitrogens with one attached hydrogen (secondary N) is 1. The van der Waals surface area contributed by atoms with Crippen LogP contribution >= 0.6 is 0 Å². The van der Waals surface area contributed by atoms with Crippen LogP contribution < -0.4 is 0 Å². The monoisotopic (exact) mass is 396 g/mol. The van der Waals surface area contributed by atoms with Gasteiger partial charge in [0.1, 0.15) is 5.82 Å². The highest BCUT2D eigenvalue weighted by atomic mass is 16.2. The standard InChI is InChI=1S/C21H28N6O2/c1-16-23-18(25-24-16)14-20(29)26-12-8-21(9-13-26)7-5-19(28)27(15-21)11-6-17-4-2-3-10-22-17/h2-4,10H,5-9,11-15H2,1H3,(H,23,24,25). The van der Waals surface area contributed by atoms with Gasteiger partial charge in [-0.2, -0.15) is 5.10 Å². The number of aryl methyl sites for hydroxylation is 1. The van der Waals surface area contributed by atoms with Crippen molar-refractivity contribution in [3.8, 4) is 0 Å². The maximum absolute atomic E-state index is 12.6. The largest absolute Gasteiger partial charge is 0.342 e. The van der Waals surface area contributed by atoms with E-state index in [2.05, 4.69) is 20.2 Å². The highest BCUT2D eigenvalue weighted by Crippen LogP contribution is 2.40. The molecular formula is C21H28N6O2. The topological polar surface area (TPSA) is 95.1 Å². The number of carbonyl (C=O) groups is 2. The fourth-order valence-electron chi connectivity index (χ4n) is 4.46. The van der Waals surface area contributed by atoms with Crippen LogP contribution in [0.5, 0.6) is 0 Å². The summed E-state index contributed by atoms with van der Waals surface area (Å²) in [5, 5.41) is 6.85. The summed E-state index contributed by atoms with van der Waals surface area (Å²) in [6.45, 7) is 4.82. The Bertz CT molecular complexity index is 857. The fourth-order valence-corrected chi connectivity index (χ4v) is 4.46. The van der Waals surface area contributed by atoms with Gasteiger partial charge in [0.25, 0.3) is 0 Å². The van der Waals surface area contributed by atoms with Crippen molar-refractivity contribution in [2.24, 2.45) is 5.41 Å². The number of pyridine rings is 1. The van der Waals surface area contributed by atoms with Crippen molar-refractivity contribution < 1.29 is 9.59 Å². The normalized spacial score (nSPS) is 19.0. The zero-order valence-corrected chi connectivity index (χ0v) is 16.9. The number of H-pyrrole nitrogens is 1. The predicted molar refractivity (Wildman–Crippen MR) is 107 cm³/mol. The molecule has 4 rings (SSSR count). The number of rotatable bonds is 5. The predicted octanol–water partition coefficient (Wildman–Crippen LogP) is 1.52. The van der Waals surface area contributed by atoms with Crippen LogP contribution in [0.25, 0.3) is 0 Å². The zero-order valence-electron chi connectivity index (χ0n) is 16.9. The van der Waals surface area contributed by atoms with Crippen LogP contribution in [-0.2, 0) is 22.4 Å². The number of aromatic nitrogens is 4. The minimum atomic E-state index is 0.0812. The molecule has 2 aromatic heterocycles. The number of hydrogen-bond acceptors (Lipinski definition) is 5. The minimum Gasteiger partial charge on any atom is -0.342 e. The average molecular weight is 396 g/mol. The Morgan fingerprint density at radius 3 is 2.76 bits per heavy atom. The van der Waals surface area contributed by atoms with Gasteiger partial charge in [-0.3, -0.25) is 19.7 Å². The van der Waals surface area contributed by atoms with E-state index >= 15 is 0 Å². The molecule has 0 unspecified atom stereocenters. The van der Waals surface area contributed by atoms with Crippen LogP contribution in [0, 0.1) is 12.3 Å². The number of aromatic amines is 1. The Morgan fingerprint density at radius 2 is 2.07 bits per heavy atom. The second-order valence-electron chi connectivity index (χ2n) is 8.28. The van der Waals surface area contributed by atoms with Gasteiger partial charge in [0.05, 0.1) is 6.42 Å². The SMILES string of the molecule is Cc1nc(CC(=O)N2CCC3(CCC(=O)N(CCc4ccccn4)C3)CC2)n[nH]1. The van der Waals surface area contributed by atoms with Gasteiger partial charge in [-0.15, -0.1) is 0 Å². The third kappa shape index (κ3) is 4.63. The molecule has 1 spiro atoms. The number of amides is 2. The molecule has 0 atom stereocenters. The molecule has 2 aliphatic rings. The van der Waals surface area contributed by atoms with Gasteiger partial charge < -0.3 is 9.80 Å². The van der Waals surface area contributed by atoms with E-state index in [0.717, 1.165) is 56.8 Å². The van der Waals surface area contributed by atoms with Crippen LogP contribution in [0.2, 0.25) is 0 Å². The molecular weight excluding hydrogens is 368 g/mol. The van der Waals surface area contributed by atoms with Crippen LogP contribution in [-0.4, -0.2) is 68.0 Å². The lowest BCUT2D eigenvalue weighted by molar-refractivity contribution is -0.142. The Balaban J connectivity index is 1.31. The molecule has 8 heteroatoms. The van der Waals surface area contributed by atoms with Gasteiger partial charge in [0.15, 0.2) is 5.82 Å². The summed E-state index contributed by atoms with van der Waals surface area (Å²) in [4.78, 5) is 37.5. The van der Waals surface area contributed by atoms with Crippen LogP contribution in [0.3, 0.4) is 0 Å². The lowest BCUT2D eigenvalue weighted by Gasteiger charge is -2.47. The second kappa shape index (κ2) is 8.31. The van der Waals surface area contributed by atoms with Crippen molar-refractivity contribution in [1.82, 2.24) is 30.0 Å². The first-order valence-electron chi connectivity index (χ1n) is 10.4. The Labute approximate surface area is 170 Å². The van der Waals surface area contributed by atoms with Crippen LogP contribution in [0.4, 0.5) is 0 Å². The number of carbonyl (C=O) groups excluding carboxylic acids is 2. The van der Waals surface area contributed by atoms with E-state index in [-0.39, 0.29) is 23.7 Å². The van der Waals surface area contributed by atoms with Crippen molar-refractivity contribution >= 4 is 11.8 Å². The summed E-state index contributed by atoms with van der Waals surface area (Å²) >= 11 is 0. The van der Waals surface area contributed by atoms with E-state index in [1.54, 1.807) is 6.20 Å². The van der Waals surface area contributed by atoms with Crippen LogP contribution in [0.1, 0.15) is 43.0 Å². The molecule has 0 bridgehead atoms. The first kappa shape index (κ1) is 19.5. The summed E-state index contributed by atoms with van der Waals surface area (Å²) in [7, 11) is 0. The fraction of sp³-hybridized carbons (Fsp3) is 0.571. The zero-order chi connectivity index (χ0) is 20.3. The van der Waals surface area contributed by atoms with Gasteiger partial charge in [-0.1, -0.05) is 6.07 Å². The molecule has 1 N–H and O–H groups in total. The number of piperidine rings is 2. The Morgan fingerprint density at radius 1 is 1.24 bits per heavy atom. The van der Waals surface area contributed by atoms with E-state index in [4.69, 9.17) is 0 Å². The number of hydrogen-bond donors (Lipinski definition) is 1. The lowest BCUT2D eigenvalue weighted by atomic mass is 9.72. The molecule has 2 fully saturated rings. The van der Waals surface area contributed by atoms with E-state index in [0.29, 0.717) is 18.8 Å². The van der Waals surface area contributed by atoms with Crippen molar-refractivity contribution in [1.29, 1.82) is 0 Å². The highest BCUT2D eigenvalue weighted by Gasteiger charge is 2.41. The summed E-state index contributed by atoms with van der Waals surface area (Å²) < 4.78 is 0. The van der Waals surface area contributed by atoms with E-state index in [1.807, 2.05) is 34.9 Å².